The van der Waals surface area contributed by atoms with Crippen LogP contribution in [-0.2, 0) is 27.8 Å². The molecule has 1 fully saturated rings. The van der Waals surface area contributed by atoms with Crippen LogP contribution in [0.3, 0.4) is 0 Å². The molecule has 34 heavy (non-hydrogen) atoms. The lowest BCUT2D eigenvalue weighted by Crippen LogP contribution is -2.49. The first-order valence-corrected chi connectivity index (χ1v) is 12.6. The fraction of sp³-hybridized carbons (Fsp3) is 0.231. The van der Waals surface area contributed by atoms with E-state index in [1.807, 2.05) is 60.7 Å². The number of piperazine rings is 1. The Kier molecular flexibility index (Phi) is 7.40. The summed E-state index contributed by atoms with van der Waals surface area (Å²) in [5.74, 6) is -0.488. The van der Waals surface area contributed by atoms with Gasteiger partial charge in [-0.3, -0.25) is 9.59 Å². The molecule has 0 saturated carbocycles. The fourth-order valence-electron chi connectivity index (χ4n) is 3.89. The standard InChI is InChI=1S/C26H27N3O4S/c30-25-20-29(18-16-27-25)34(32,33)24-13-11-23(12-14-24)26(31)28(19-22-9-5-2-6-10-22)17-15-21-7-3-1-4-8-21/h1-14H,15-20H2,(H,27,30). The Hall–Kier alpha value is -3.49. The molecule has 3 aromatic carbocycles. The first kappa shape index (κ1) is 23.7. The third-order valence-electron chi connectivity index (χ3n) is 5.76. The van der Waals surface area contributed by atoms with Gasteiger partial charge in [0.2, 0.25) is 15.9 Å². The molecular weight excluding hydrogens is 450 g/mol. The number of hydrogen-bond donors (Lipinski definition) is 1. The molecule has 1 aliphatic heterocycles. The van der Waals surface area contributed by atoms with E-state index in [1.165, 1.54) is 12.1 Å². The summed E-state index contributed by atoms with van der Waals surface area (Å²) in [7, 11) is -3.80. The summed E-state index contributed by atoms with van der Waals surface area (Å²) >= 11 is 0. The number of nitrogens with zero attached hydrogens (tertiary/aromatic N) is 2. The van der Waals surface area contributed by atoms with E-state index in [1.54, 1.807) is 17.0 Å². The Morgan fingerprint density at radius 3 is 2.12 bits per heavy atom. The van der Waals surface area contributed by atoms with Crippen molar-refractivity contribution in [2.75, 3.05) is 26.2 Å². The first-order valence-electron chi connectivity index (χ1n) is 11.2. The molecule has 0 aliphatic carbocycles. The van der Waals surface area contributed by atoms with Gasteiger partial charge in [-0.25, -0.2) is 8.42 Å². The van der Waals surface area contributed by atoms with Crippen molar-refractivity contribution in [3.8, 4) is 0 Å². The molecule has 8 heteroatoms. The van der Waals surface area contributed by atoms with Gasteiger partial charge in [-0.05, 0) is 41.8 Å². The van der Waals surface area contributed by atoms with E-state index in [9.17, 15) is 18.0 Å². The summed E-state index contributed by atoms with van der Waals surface area (Å²) < 4.78 is 27.0. The molecule has 0 spiro atoms. The Labute approximate surface area is 200 Å². The molecule has 2 amide bonds. The summed E-state index contributed by atoms with van der Waals surface area (Å²) in [4.78, 5) is 26.9. The van der Waals surface area contributed by atoms with Crippen molar-refractivity contribution < 1.29 is 18.0 Å². The van der Waals surface area contributed by atoms with Crippen molar-refractivity contribution in [3.63, 3.8) is 0 Å². The highest BCUT2D eigenvalue weighted by Gasteiger charge is 2.29. The maximum absolute atomic E-state index is 13.4. The van der Waals surface area contributed by atoms with Crippen LogP contribution in [0.4, 0.5) is 0 Å². The largest absolute Gasteiger partial charge is 0.354 e. The number of nitrogens with one attached hydrogen (secondary N) is 1. The lowest BCUT2D eigenvalue weighted by atomic mass is 10.1. The number of carbonyl (C=O) groups is 2. The maximum Gasteiger partial charge on any atom is 0.254 e. The zero-order chi connectivity index (χ0) is 24.0. The van der Waals surface area contributed by atoms with Crippen molar-refractivity contribution in [2.24, 2.45) is 0 Å². The zero-order valence-electron chi connectivity index (χ0n) is 18.8. The van der Waals surface area contributed by atoms with E-state index in [4.69, 9.17) is 0 Å². The Morgan fingerprint density at radius 2 is 1.50 bits per heavy atom. The molecule has 176 valence electrons. The molecule has 1 saturated heterocycles. The third-order valence-corrected chi connectivity index (χ3v) is 7.62. The van der Waals surface area contributed by atoms with E-state index in [0.717, 1.165) is 15.4 Å². The van der Waals surface area contributed by atoms with Crippen molar-refractivity contribution in [3.05, 3.63) is 102 Å². The monoisotopic (exact) mass is 477 g/mol. The molecule has 0 radical (unpaired) electrons. The molecule has 0 aromatic heterocycles. The molecule has 4 rings (SSSR count). The van der Waals surface area contributed by atoms with Gasteiger partial charge < -0.3 is 10.2 Å². The van der Waals surface area contributed by atoms with Gasteiger partial charge in [0.25, 0.3) is 5.91 Å². The minimum absolute atomic E-state index is 0.0673. The normalized spacial score (nSPS) is 14.4. The summed E-state index contributed by atoms with van der Waals surface area (Å²) in [6, 6.07) is 25.7. The zero-order valence-corrected chi connectivity index (χ0v) is 19.6. The summed E-state index contributed by atoms with van der Waals surface area (Å²) in [5, 5.41) is 2.62. The van der Waals surface area contributed by atoms with Crippen molar-refractivity contribution >= 4 is 21.8 Å². The number of amides is 2. The van der Waals surface area contributed by atoms with Gasteiger partial charge in [0.1, 0.15) is 0 Å². The van der Waals surface area contributed by atoms with Gasteiger partial charge in [-0.2, -0.15) is 4.31 Å². The fourth-order valence-corrected chi connectivity index (χ4v) is 5.28. The van der Waals surface area contributed by atoms with Crippen LogP contribution >= 0.6 is 0 Å². The highest BCUT2D eigenvalue weighted by molar-refractivity contribution is 7.89. The topological polar surface area (TPSA) is 86.8 Å². The summed E-state index contributed by atoms with van der Waals surface area (Å²) in [6.45, 7) is 1.28. The van der Waals surface area contributed by atoms with Crippen LogP contribution in [0, 0.1) is 0 Å². The summed E-state index contributed by atoms with van der Waals surface area (Å²) in [5.41, 5.74) is 2.58. The minimum atomic E-state index is -3.80. The molecule has 1 heterocycles. The highest BCUT2D eigenvalue weighted by Crippen LogP contribution is 2.19. The Balaban J connectivity index is 1.52. The number of rotatable bonds is 8. The number of hydrogen-bond acceptors (Lipinski definition) is 4. The van der Waals surface area contributed by atoms with Crippen molar-refractivity contribution in [2.45, 2.75) is 17.9 Å². The van der Waals surface area contributed by atoms with Gasteiger partial charge in [0, 0.05) is 31.7 Å². The Morgan fingerprint density at radius 1 is 0.882 bits per heavy atom. The molecule has 7 nitrogen and oxygen atoms in total. The molecule has 0 unspecified atom stereocenters. The lowest BCUT2D eigenvalue weighted by Gasteiger charge is -2.26. The quantitative estimate of drug-likeness (QED) is 0.541. The Bertz CT molecular complexity index is 1230. The van der Waals surface area contributed by atoms with E-state index in [-0.39, 0.29) is 36.3 Å². The van der Waals surface area contributed by atoms with Crippen LogP contribution in [0.1, 0.15) is 21.5 Å². The smallest absolute Gasteiger partial charge is 0.254 e. The minimum Gasteiger partial charge on any atom is -0.354 e. The number of benzene rings is 3. The van der Waals surface area contributed by atoms with Crippen LogP contribution < -0.4 is 5.32 Å². The van der Waals surface area contributed by atoms with Crippen LogP contribution in [0.15, 0.2) is 89.8 Å². The third kappa shape index (κ3) is 5.70. The summed E-state index contributed by atoms with van der Waals surface area (Å²) in [6.07, 6.45) is 0.711. The van der Waals surface area contributed by atoms with E-state index in [2.05, 4.69) is 5.32 Å². The van der Waals surface area contributed by atoms with Crippen LogP contribution in [0.25, 0.3) is 0 Å². The number of carbonyl (C=O) groups excluding carboxylic acids is 2. The molecule has 3 aromatic rings. The second-order valence-corrected chi connectivity index (χ2v) is 10.1. The predicted molar refractivity (Wildman–Crippen MR) is 130 cm³/mol. The highest BCUT2D eigenvalue weighted by atomic mass is 32.2. The van der Waals surface area contributed by atoms with E-state index < -0.39 is 10.0 Å². The average Bonchev–Trinajstić information content (AvgIpc) is 2.87. The molecule has 1 N–H and O–H groups in total. The maximum atomic E-state index is 13.4. The van der Waals surface area contributed by atoms with Crippen LogP contribution in [-0.4, -0.2) is 55.6 Å². The average molecular weight is 478 g/mol. The predicted octanol–water partition coefficient (Wildman–Crippen LogP) is 2.69. The van der Waals surface area contributed by atoms with Gasteiger partial charge in [0.15, 0.2) is 0 Å². The molecule has 0 atom stereocenters. The van der Waals surface area contributed by atoms with Gasteiger partial charge in [0.05, 0.1) is 11.4 Å². The van der Waals surface area contributed by atoms with Gasteiger partial charge >= 0.3 is 0 Å². The SMILES string of the molecule is O=C1CN(S(=O)(=O)c2ccc(C(=O)N(CCc3ccccc3)Cc3ccccc3)cc2)CCN1. The van der Waals surface area contributed by atoms with Crippen LogP contribution in [0.2, 0.25) is 0 Å². The van der Waals surface area contributed by atoms with E-state index >= 15 is 0 Å². The van der Waals surface area contributed by atoms with Crippen LogP contribution in [0.5, 0.6) is 0 Å². The number of sulfonamides is 1. The second-order valence-electron chi connectivity index (χ2n) is 8.16. The molecule has 0 bridgehead atoms. The lowest BCUT2D eigenvalue weighted by molar-refractivity contribution is -0.122. The second kappa shape index (κ2) is 10.6. The first-order chi connectivity index (χ1) is 16.4. The van der Waals surface area contributed by atoms with Gasteiger partial charge in [-0.15, -0.1) is 0 Å². The van der Waals surface area contributed by atoms with E-state index in [0.29, 0.717) is 25.1 Å². The molecule has 1 aliphatic rings. The van der Waals surface area contributed by atoms with Crippen molar-refractivity contribution in [1.82, 2.24) is 14.5 Å². The van der Waals surface area contributed by atoms with Gasteiger partial charge in [-0.1, -0.05) is 60.7 Å². The van der Waals surface area contributed by atoms with Crippen molar-refractivity contribution in [1.29, 1.82) is 0 Å². The molecular formula is C26H27N3O4S.